The number of anilines is 2. The highest BCUT2D eigenvalue weighted by molar-refractivity contribution is 7.14. The smallest absolute Gasteiger partial charge is 0.230 e. The molecule has 0 spiro atoms. The molecule has 0 bridgehead atoms. The Balaban J connectivity index is 1.52. The van der Waals surface area contributed by atoms with Gasteiger partial charge in [-0.25, -0.2) is 4.98 Å². The number of hydrogen-bond donors (Lipinski definition) is 1. The molecule has 144 valence electrons. The summed E-state index contributed by atoms with van der Waals surface area (Å²) < 4.78 is 0. The van der Waals surface area contributed by atoms with Gasteiger partial charge in [0.2, 0.25) is 5.91 Å². The first kappa shape index (κ1) is 18.5. The van der Waals surface area contributed by atoms with Crippen molar-refractivity contribution in [3.8, 4) is 11.3 Å². The minimum absolute atomic E-state index is 0.00698. The third-order valence-corrected chi connectivity index (χ3v) is 6.24. The van der Waals surface area contributed by atoms with Gasteiger partial charge in [0.1, 0.15) is 0 Å². The van der Waals surface area contributed by atoms with Gasteiger partial charge >= 0.3 is 0 Å². The third kappa shape index (κ3) is 4.03. The molecular formula is C22H29N3OS. The molecule has 0 radical (unpaired) electrons. The molecule has 27 heavy (non-hydrogen) atoms. The van der Waals surface area contributed by atoms with Gasteiger partial charge in [-0.05, 0) is 57.7 Å². The van der Waals surface area contributed by atoms with E-state index >= 15 is 0 Å². The molecule has 2 aliphatic rings. The first-order valence-corrected chi connectivity index (χ1v) is 11.0. The van der Waals surface area contributed by atoms with Crippen molar-refractivity contribution in [3.63, 3.8) is 0 Å². The Hall–Kier alpha value is -1.88. The molecule has 1 amide bonds. The minimum Gasteiger partial charge on any atom is -0.357 e. The van der Waals surface area contributed by atoms with Gasteiger partial charge in [0.25, 0.3) is 0 Å². The topological polar surface area (TPSA) is 45.2 Å². The van der Waals surface area contributed by atoms with Gasteiger partial charge in [0.15, 0.2) is 5.13 Å². The van der Waals surface area contributed by atoms with Crippen molar-refractivity contribution in [3.05, 3.63) is 29.1 Å². The number of amides is 1. The Labute approximate surface area is 166 Å². The monoisotopic (exact) mass is 383 g/mol. The van der Waals surface area contributed by atoms with E-state index in [0.29, 0.717) is 5.91 Å². The quantitative estimate of drug-likeness (QED) is 0.762. The number of nitrogens with one attached hydrogen (secondary N) is 1. The van der Waals surface area contributed by atoms with E-state index in [2.05, 4.69) is 49.7 Å². The average molecular weight is 384 g/mol. The lowest BCUT2D eigenvalue weighted by atomic mass is 9.88. The molecule has 1 aliphatic heterocycles. The molecule has 1 aromatic carbocycles. The zero-order valence-electron chi connectivity index (χ0n) is 16.5. The SMILES string of the molecule is CC(C)(C)Nc1nc(-c2ccc3c(c2)CCN3C(=O)C2CCCCC2)cs1. The van der Waals surface area contributed by atoms with Gasteiger partial charge in [0.05, 0.1) is 5.69 Å². The minimum atomic E-state index is 0.00698. The van der Waals surface area contributed by atoms with Gasteiger partial charge in [-0.1, -0.05) is 25.3 Å². The van der Waals surface area contributed by atoms with E-state index < -0.39 is 0 Å². The maximum absolute atomic E-state index is 13.0. The maximum atomic E-state index is 13.0. The molecule has 4 nitrogen and oxygen atoms in total. The standard InChI is InChI=1S/C22H29N3OS/c1-22(2,3)24-21-23-18(14-27-21)16-9-10-19-17(13-16)11-12-25(19)20(26)15-7-5-4-6-8-15/h9-10,13-15H,4-8,11-12H2,1-3H3,(H,23,24). The van der Waals surface area contributed by atoms with Crippen molar-refractivity contribution in [1.29, 1.82) is 0 Å². The zero-order valence-corrected chi connectivity index (χ0v) is 17.4. The lowest BCUT2D eigenvalue weighted by molar-refractivity contribution is -0.123. The molecule has 1 saturated carbocycles. The van der Waals surface area contributed by atoms with Gasteiger partial charge in [-0.15, -0.1) is 11.3 Å². The number of aromatic nitrogens is 1. The van der Waals surface area contributed by atoms with Crippen LogP contribution in [0.2, 0.25) is 0 Å². The molecule has 1 aliphatic carbocycles. The summed E-state index contributed by atoms with van der Waals surface area (Å²) in [5, 5.41) is 6.49. The Morgan fingerprint density at radius 3 is 2.74 bits per heavy atom. The molecule has 0 atom stereocenters. The van der Waals surface area contributed by atoms with E-state index in [9.17, 15) is 4.79 Å². The third-order valence-electron chi connectivity index (χ3n) is 5.48. The van der Waals surface area contributed by atoms with Crippen molar-refractivity contribution in [2.24, 2.45) is 5.92 Å². The zero-order chi connectivity index (χ0) is 19.0. The van der Waals surface area contributed by atoms with Crippen LogP contribution < -0.4 is 10.2 Å². The molecule has 1 fully saturated rings. The Bertz CT molecular complexity index is 830. The van der Waals surface area contributed by atoms with Gasteiger partial charge in [0, 0.05) is 34.6 Å². The second kappa shape index (κ2) is 7.27. The Morgan fingerprint density at radius 1 is 1.22 bits per heavy atom. The average Bonchev–Trinajstić information content (AvgIpc) is 3.26. The molecule has 2 heterocycles. The first-order chi connectivity index (χ1) is 12.9. The summed E-state index contributed by atoms with van der Waals surface area (Å²) in [7, 11) is 0. The summed E-state index contributed by atoms with van der Waals surface area (Å²) in [6.07, 6.45) is 6.74. The summed E-state index contributed by atoms with van der Waals surface area (Å²) >= 11 is 1.64. The van der Waals surface area contributed by atoms with Gasteiger partial charge in [-0.2, -0.15) is 0 Å². The number of thiazole rings is 1. The number of fused-ring (bicyclic) bond motifs is 1. The van der Waals surface area contributed by atoms with Crippen molar-refractivity contribution in [2.75, 3.05) is 16.8 Å². The van der Waals surface area contributed by atoms with Crippen molar-refractivity contribution < 1.29 is 4.79 Å². The molecule has 0 saturated heterocycles. The fourth-order valence-electron chi connectivity index (χ4n) is 4.14. The highest BCUT2D eigenvalue weighted by Gasteiger charge is 2.31. The van der Waals surface area contributed by atoms with Crippen LogP contribution in [0.3, 0.4) is 0 Å². The van der Waals surface area contributed by atoms with E-state index in [1.54, 1.807) is 11.3 Å². The fourth-order valence-corrected chi connectivity index (χ4v) is 5.07. The van der Waals surface area contributed by atoms with Gasteiger partial charge in [-0.3, -0.25) is 4.79 Å². The summed E-state index contributed by atoms with van der Waals surface area (Å²) in [5.74, 6) is 0.570. The summed E-state index contributed by atoms with van der Waals surface area (Å²) in [4.78, 5) is 19.7. The maximum Gasteiger partial charge on any atom is 0.230 e. The largest absolute Gasteiger partial charge is 0.357 e. The Morgan fingerprint density at radius 2 is 2.00 bits per heavy atom. The summed E-state index contributed by atoms with van der Waals surface area (Å²) in [6, 6.07) is 6.45. The fraction of sp³-hybridized carbons (Fsp3) is 0.545. The molecule has 5 heteroatoms. The number of carbonyl (C=O) groups excluding carboxylic acids is 1. The number of hydrogen-bond acceptors (Lipinski definition) is 4. The second-order valence-electron chi connectivity index (χ2n) is 8.83. The Kier molecular flexibility index (Phi) is 4.97. The van der Waals surface area contributed by atoms with E-state index in [1.807, 2.05) is 4.90 Å². The van der Waals surface area contributed by atoms with Crippen LogP contribution in [0, 0.1) is 5.92 Å². The van der Waals surface area contributed by atoms with Crippen LogP contribution in [0.4, 0.5) is 10.8 Å². The van der Waals surface area contributed by atoms with E-state index in [0.717, 1.165) is 47.9 Å². The highest BCUT2D eigenvalue weighted by atomic mass is 32.1. The molecule has 2 aromatic rings. The van der Waals surface area contributed by atoms with Crippen LogP contribution in [0.25, 0.3) is 11.3 Å². The predicted molar refractivity (Wildman–Crippen MR) is 114 cm³/mol. The number of carbonyl (C=O) groups is 1. The van der Waals surface area contributed by atoms with Crippen LogP contribution in [0.1, 0.15) is 58.4 Å². The van der Waals surface area contributed by atoms with E-state index in [4.69, 9.17) is 4.98 Å². The van der Waals surface area contributed by atoms with Crippen LogP contribution in [0.15, 0.2) is 23.6 Å². The highest BCUT2D eigenvalue weighted by Crippen LogP contribution is 2.36. The van der Waals surface area contributed by atoms with Crippen molar-refractivity contribution in [1.82, 2.24) is 4.98 Å². The van der Waals surface area contributed by atoms with Crippen LogP contribution >= 0.6 is 11.3 Å². The molecule has 0 unspecified atom stereocenters. The molecule has 1 N–H and O–H groups in total. The number of rotatable bonds is 3. The van der Waals surface area contributed by atoms with Crippen molar-refractivity contribution >= 4 is 28.1 Å². The molecule has 4 rings (SSSR count). The molecule has 1 aromatic heterocycles. The van der Waals surface area contributed by atoms with Crippen LogP contribution in [-0.2, 0) is 11.2 Å². The summed E-state index contributed by atoms with van der Waals surface area (Å²) in [6.45, 7) is 7.24. The number of benzene rings is 1. The lowest BCUT2D eigenvalue weighted by Crippen LogP contribution is -2.35. The normalized spacial score (nSPS) is 17.8. The second-order valence-corrected chi connectivity index (χ2v) is 9.69. The lowest BCUT2D eigenvalue weighted by Gasteiger charge is -2.26. The number of nitrogens with zero attached hydrogens (tertiary/aromatic N) is 2. The summed E-state index contributed by atoms with van der Waals surface area (Å²) in [5.41, 5.74) is 4.53. The van der Waals surface area contributed by atoms with E-state index in [-0.39, 0.29) is 11.5 Å². The van der Waals surface area contributed by atoms with Crippen molar-refractivity contribution in [2.45, 2.75) is 64.8 Å². The van der Waals surface area contributed by atoms with Gasteiger partial charge < -0.3 is 10.2 Å². The molecular weight excluding hydrogens is 354 g/mol. The van der Waals surface area contributed by atoms with Crippen LogP contribution in [0.5, 0.6) is 0 Å². The van der Waals surface area contributed by atoms with E-state index in [1.165, 1.54) is 24.8 Å². The predicted octanol–water partition coefficient (Wildman–Crippen LogP) is 5.49. The first-order valence-electron chi connectivity index (χ1n) is 10.1. The van der Waals surface area contributed by atoms with Crippen LogP contribution in [-0.4, -0.2) is 23.0 Å².